The highest BCUT2D eigenvalue weighted by Gasteiger charge is 2.24. The lowest BCUT2D eigenvalue weighted by Gasteiger charge is -2.30. The lowest BCUT2D eigenvalue weighted by molar-refractivity contribution is -0.870. The Bertz CT molecular complexity index is 1070. The largest absolute Gasteiger partial charge is 0.756 e. The molecule has 0 aliphatic carbocycles. The van der Waals surface area contributed by atoms with Crippen LogP contribution in [0.5, 0.6) is 0 Å². The lowest BCUT2D eigenvalue weighted by Crippen LogP contribution is -2.46. The molecule has 0 saturated carbocycles. The summed E-state index contributed by atoms with van der Waals surface area (Å²) < 4.78 is 23.3. The normalized spacial score (nSPS) is 14.0. The first kappa shape index (κ1) is 64.2. The van der Waals surface area contributed by atoms with Crippen molar-refractivity contribution in [1.82, 2.24) is 5.32 Å². The molecular weight excluding hydrogens is 828 g/mol. The molecule has 8 nitrogen and oxygen atoms in total. The van der Waals surface area contributed by atoms with Gasteiger partial charge < -0.3 is 28.8 Å². The standard InChI is InChI=1S/C56H113N2O6P/c1-6-8-10-12-14-16-18-20-21-22-23-24-25-26-27-28-29-30-31-32-33-34-35-36-37-38-40-42-44-46-48-50-56(60)57-54(53-64-65(61,62)63-52-51-58(3,4)5)55(59)49-47-45-43-41-39-19-17-15-13-11-9-7-2/h26-27,54-55,59H,6-25,28-53H2,1-5H3,(H-,57,60,61,62)/b27-26-. The number of allylic oxidation sites excluding steroid dienone is 2. The Balaban J connectivity index is 3.97. The second-order valence-corrected chi connectivity index (χ2v) is 22.4. The van der Waals surface area contributed by atoms with Crippen LogP contribution >= 0.6 is 7.82 Å². The number of phosphoric acid groups is 1. The first-order valence-corrected chi connectivity index (χ1v) is 30.0. The minimum atomic E-state index is -4.56. The predicted octanol–water partition coefficient (Wildman–Crippen LogP) is 16.4. The van der Waals surface area contributed by atoms with Crippen molar-refractivity contribution in [2.75, 3.05) is 40.9 Å². The zero-order chi connectivity index (χ0) is 47.8. The molecule has 0 aromatic heterocycles. The van der Waals surface area contributed by atoms with E-state index in [2.05, 4.69) is 31.3 Å². The number of aliphatic hydroxyl groups is 1. The topological polar surface area (TPSA) is 108 Å². The summed E-state index contributed by atoms with van der Waals surface area (Å²) in [6, 6.07) is -0.796. The average molecular weight is 942 g/mol. The number of carbonyl (C=O) groups excluding carboxylic acids is 1. The molecule has 9 heteroatoms. The number of nitrogens with zero attached hydrogens (tertiary/aromatic N) is 1. The van der Waals surface area contributed by atoms with Gasteiger partial charge in [-0.2, -0.15) is 0 Å². The molecule has 388 valence electrons. The van der Waals surface area contributed by atoms with E-state index in [1.54, 1.807) is 0 Å². The van der Waals surface area contributed by atoms with Crippen molar-refractivity contribution in [1.29, 1.82) is 0 Å². The summed E-state index contributed by atoms with van der Waals surface area (Å²) in [7, 11) is 1.32. The number of unbranched alkanes of at least 4 members (excludes halogenated alkanes) is 38. The number of phosphoric ester groups is 1. The summed E-state index contributed by atoms with van der Waals surface area (Å²) in [5.74, 6) is -0.161. The Kier molecular flexibility index (Phi) is 47.7. The fourth-order valence-corrected chi connectivity index (χ4v) is 9.47. The van der Waals surface area contributed by atoms with E-state index >= 15 is 0 Å². The quantitative estimate of drug-likeness (QED) is 0.0272. The fourth-order valence-electron chi connectivity index (χ4n) is 8.74. The van der Waals surface area contributed by atoms with Gasteiger partial charge in [0.25, 0.3) is 7.82 Å². The van der Waals surface area contributed by atoms with Crippen LogP contribution in [0.15, 0.2) is 12.2 Å². The molecule has 0 aromatic rings. The molecule has 0 spiro atoms. The van der Waals surface area contributed by atoms with E-state index in [0.717, 1.165) is 38.5 Å². The number of likely N-dealkylation sites (N-methyl/N-ethyl adjacent to an activating group) is 1. The summed E-state index contributed by atoms with van der Waals surface area (Å²) >= 11 is 0. The van der Waals surface area contributed by atoms with Gasteiger partial charge in [-0.3, -0.25) is 9.36 Å². The van der Waals surface area contributed by atoms with Crippen molar-refractivity contribution in [2.45, 2.75) is 302 Å². The maximum atomic E-state index is 12.9. The van der Waals surface area contributed by atoms with Crippen molar-refractivity contribution in [3.63, 3.8) is 0 Å². The fraction of sp³-hybridized carbons (Fsp3) is 0.946. The highest BCUT2D eigenvalue weighted by molar-refractivity contribution is 7.45. The zero-order valence-electron chi connectivity index (χ0n) is 44.2. The second-order valence-electron chi connectivity index (χ2n) is 21.0. The number of nitrogens with one attached hydrogen (secondary N) is 1. The number of carbonyl (C=O) groups is 1. The first-order valence-electron chi connectivity index (χ1n) is 28.5. The molecule has 0 aliphatic heterocycles. The highest BCUT2D eigenvalue weighted by atomic mass is 31.2. The van der Waals surface area contributed by atoms with Crippen molar-refractivity contribution >= 4 is 13.7 Å². The summed E-state index contributed by atoms with van der Waals surface area (Å²) in [6.45, 7) is 4.75. The molecule has 0 heterocycles. The van der Waals surface area contributed by atoms with Crippen LogP contribution in [-0.4, -0.2) is 68.5 Å². The third-order valence-electron chi connectivity index (χ3n) is 13.3. The third-order valence-corrected chi connectivity index (χ3v) is 14.2. The molecule has 3 unspecified atom stereocenters. The summed E-state index contributed by atoms with van der Waals surface area (Å²) in [6.07, 6.45) is 58.3. The molecule has 0 aliphatic rings. The molecule has 2 N–H and O–H groups in total. The van der Waals surface area contributed by atoms with Crippen LogP contribution in [0.25, 0.3) is 0 Å². The van der Waals surface area contributed by atoms with Crippen LogP contribution in [-0.2, 0) is 18.4 Å². The molecule has 0 bridgehead atoms. The van der Waals surface area contributed by atoms with Crippen LogP contribution in [0.2, 0.25) is 0 Å². The molecule has 65 heavy (non-hydrogen) atoms. The molecular formula is C56H113N2O6P. The van der Waals surface area contributed by atoms with Crippen LogP contribution in [0.1, 0.15) is 290 Å². The molecule has 0 radical (unpaired) electrons. The molecule has 1 amide bonds. The number of hydrogen-bond donors (Lipinski definition) is 2. The van der Waals surface area contributed by atoms with Gasteiger partial charge in [-0.1, -0.05) is 257 Å². The third kappa shape index (κ3) is 50.9. The van der Waals surface area contributed by atoms with Gasteiger partial charge in [0.15, 0.2) is 0 Å². The second kappa shape index (κ2) is 48.3. The lowest BCUT2D eigenvalue weighted by atomic mass is 10.0. The van der Waals surface area contributed by atoms with Gasteiger partial charge in [0.05, 0.1) is 39.9 Å². The van der Waals surface area contributed by atoms with E-state index < -0.39 is 20.0 Å². The van der Waals surface area contributed by atoms with Gasteiger partial charge in [0.2, 0.25) is 5.91 Å². The van der Waals surface area contributed by atoms with Crippen molar-refractivity contribution in [3.8, 4) is 0 Å². The number of hydrogen-bond acceptors (Lipinski definition) is 6. The number of quaternary nitrogens is 1. The maximum absolute atomic E-state index is 12.9. The number of amides is 1. The van der Waals surface area contributed by atoms with E-state index in [1.807, 2.05) is 21.1 Å². The maximum Gasteiger partial charge on any atom is 0.268 e. The Morgan fingerprint density at radius 2 is 0.846 bits per heavy atom. The van der Waals surface area contributed by atoms with Crippen molar-refractivity contribution in [2.24, 2.45) is 0 Å². The van der Waals surface area contributed by atoms with Crippen LogP contribution in [0.3, 0.4) is 0 Å². The number of rotatable bonds is 53. The van der Waals surface area contributed by atoms with E-state index in [9.17, 15) is 19.4 Å². The highest BCUT2D eigenvalue weighted by Crippen LogP contribution is 2.38. The van der Waals surface area contributed by atoms with E-state index in [1.165, 1.54) is 225 Å². The minimum Gasteiger partial charge on any atom is -0.756 e. The van der Waals surface area contributed by atoms with Gasteiger partial charge in [0.1, 0.15) is 13.2 Å². The monoisotopic (exact) mass is 941 g/mol. The molecule has 0 rings (SSSR count). The summed E-state index contributed by atoms with van der Waals surface area (Å²) in [5.41, 5.74) is 0. The average Bonchev–Trinajstić information content (AvgIpc) is 3.26. The Morgan fingerprint density at radius 1 is 0.523 bits per heavy atom. The van der Waals surface area contributed by atoms with Crippen molar-refractivity contribution in [3.05, 3.63) is 12.2 Å². The Hall–Kier alpha value is -0.760. The Morgan fingerprint density at radius 3 is 1.20 bits per heavy atom. The van der Waals surface area contributed by atoms with E-state index in [-0.39, 0.29) is 19.1 Å². The first-order chi connectivity index (χ1) is 31.5. The smallest absolute Gasteiger partial charge is 0.268 e. The summed E-state index contributed by atoms with van der Waals surface area (Å²) in [4.78, 5) is 25.4. The van der Waals surface area contributed by atoms with Gasteiger partial charge in [0, 0.05) is 6.42 Å². The van der Waals surface area contributed by atoms with Gasteiger partial charge in [-0.25, -0.2) is 0 Å². The molecule has 0 saturated heterocycles. The summed E-state index contributed by atoms with van der Waals surface area (Å²) in [5, 5.41) is 14.0. The zero-order valence-corrected chi connectivity index (χ0v) is 45.1. The molecule has 0 fully saturated rings. The molecule has 3 atom stereocenters. The SMILES string of the molecule is CCCCCCCCCCCCCC/C=C\CCCCCCCCCCCCCCCCCC(=O)NC(COP(=O)([O-])OCC[N+](C)(C)C)C(O)CCCCCCCCCCCCCC. The van der Waals surface area contributed by atoms with E-state index in [0.29, 0.717) is 23.9 Å². The van der Waals surface area contributed by atoms with Gasteiger partial charge in [-0.05, 0) is 38.5 Å². The van der Waals surface area contributed by atoms with E-state index in [4.69, 9.17) is 9.05 Å². The van der Waals surface area contributed by atoms with Gasteiger partial charge >= 0.3 is 0 Å². The van der Waals surface area contributed by atoms with Crippen LogP contribution < -0.4 is 10.2 Å². The Labute approximate surface area is 405 Å². The molecule has 0 aromatic carbocycles. The predicted molar refractivity (Wildman–Crippen MR) is 279 cm³/mol. The minimum absolute atomic E-state index is 0.0149. The van der Waals surface area contributed by atoms with Crippen molar-refractivity contribution < 1.29 is 32.9 Å². The van der Waals surface area contributed by atoms with Gasteiger partial charge in [-0.15, -0.1) is 0 Å². The van der Waals surface area contributed by atoms with Crippen LogP contribution in [0, 0.1) is 0 Å². The van der Waals surface area contributed by atoms with Crippen LogP contribution in [0.4, 0.5) is 0 Å². The number of aliphatic hydroxyl groups excluding tert-OH is 1.